The number of hydrogen-bond donors (Lipinski definition) is 1. The Morgan fingerprint density at radius 3 is 2.50 bits per heavy atom. The van der Waals surface area contributed by atoms with Crippen molar-refractivity contribution in [1.29, 1.82) is 0 Å². The van der Waals surface area contributed by atoms with Crippen molar-refractivity contribution in [3.05, 3.63) is 12.1 Å². The minimum absolute atomic E-state index is 0.260. The molecule has 2 aromatic rings. The van der Waals surface area contributed by atoms with Gasteiger partial charge in [0, 0.05) is 0 Å². The Morgan fingerprint density at radius 2 is 1.95 bits per heavy atom. The van der Waals surface area contributed by atoms with Crippen LogP contribution in [0.4, 0.5) is 5.13 Å². The second-order valence-electron chi connectivity index (χ2n) is 3.85. The highest BCUT2D eigenvalue weighted by molar-refractivity contribution is 7.63. The SMILES string of the molecule is CCOP(=O)(OCC)c1c(OC)ccc2sc(N)nc12. The zero-order chi connectivity index (χ0) is 14.8. The second kappa shape index (κ2) is 6.10. The molecule has 1 aromatic carbocycles. The Hall–Kier alpha value is -1.14. The predicted molar refractivity (Wildman–Crippen MR) is 81.1 cm³/mol. The summed E-state index contributed by atoms with van der Waals surface area (Å²) in [7, 11) is -1.99. The first-order valence-electron chi connectivity index (χ1n) is 6.18. The molecule has 2 rings (SSSR count). The molecule has 1 aromatic heterocycles. The highest BCUT2D eigenvalue weighted by Gasteiger charge is 2.34. The standard InChI is InChI=1S/C12H17N2O4PS/c1-4-17-19(15,18-5-2)11-8(16-3)6-7-9-10(11)14-12(13)20-9/h6-7H,4-5H2,1-3H3,(H2,13,14). The smallest absolute Gasteiger partial charge is 0.367 e. The van der Waals surface area contributed by atoms with E-state index >= 15 is 0 Å². The Kier molecular flexibility index (Phi) is 4.65. The molecule has 0 aliphatic carbocycles. The summed E-state index contributed by atoms with van der Waals surface area (Å²) >= 11 is 1.32. The van der Waals surface area contributed by atoms with E-state index in [9.17, 15) is 4.57 Å². The number of nitrogens with two attached hydrogens (primary N) is 1. The van der Waals surface area contributed by atoms with Crippen LogP contribution in [0.25, 0.3) is 10.2 Å². The van der Waals surface area contributed by atoms with Gasteiger partial charge < -0.3 is 19.5 Å². The third kappa shape index (κ3) is 2.67. The van der Waals surface area contributed by atoms with Crippen LogP contribution in [0.3, 0.4) is 0 Å². The van der Waals surface area contributed by atoms with E-state index in [1.165, 1.54) is 18.4 Å². The number of ether oxygens (including phenoxy) is 1. The van der Waals surface area contributed by atoms with E-state index in [0.29, 0.717) is 21.7 Å². The van der Waals surface area contributed by atoms with Crippen molar-refractivity contribution in [3.63, 3.8) is 0 Å². The molecule has 0 aliphatic heterocycles. The van der Waals surface area contributed by atoms with Crippen LogP contribution in [-0.4, -0.2) is 25.3 Å². The molecule has 6 nitrogen and oxygen atoms in total. The average molecular weight is 316 g/mol. The maximum absolute atomic E-state index is 13.0. The van der Waals surface area contributed by atoms with E-state index in [0.717, 1.165) is 4.70 Å². The van der Waals surface area contributed by atoms with Crippen molar-refractivity contribution >= 4 is 39.6 Å². The van der Waals surface area contributed by atoms with Gasteiger partial charge in [-0.1, -0.05) is 11.3 Å². The van der Waals surface area contributed by atoms with Gasteiger partial charge in [-0.3, -0.25) is 4.57 Å². The average Bonchev–Trinajstić information content (AvgIpc) is 2.77. The number of fused-ring (bicyclic) bond motifs is 1. The van der Waals surface area contributed by atoms with Crippen LogP contribution in [-0.2, 0) is 13.6 Å². The number of anilines is 1. The molecular formula is C12H17N2O4PS. The lowest BCUT2D eigenvalue weighted by atomic mass is 10.3. The fourth-order valence-electron chi connectivity index (χ4n) is 1.91. The zero-order valence-electron chi connectivity index (χ0n) is 11.6. The summed E-state index contributed by atoms with van der Waals surface area (Å²) in [4.78, 5) is 4.24. The molecule has 0 saturated carbocycles. The van der Waals surface area contributed by atoms with Gasteiger partial charge in [0.05, 0.1) is 25.0 Å². The summed E-state index contributed by atoms with van der Waals surface area (Å²) in [5.41, 5.74) is 6.25. The lowest BCUT2D eigenvalue weighted by Gasteiger charge is -2.19. The first-order valence-corrected chi connectivity index (χ1v) is 8.54. The normalized spacial score (nSPS) is 11.9. The Labute approximate surface area is 121 Å². The maximum atomic E-state index is 13.0. The number of thiazole rings is 1. The molecule has 0 bridgehead atoms. The van der Waals surface area contributed by atoms with E-state index in [1.807, 2.05) is 6.07 Å². The molecule has 0 spiro atoms. The summed E-state index contributed by atoms with van der Waals surface area (Å²) in [5, 5.41) is 0.739. The van der Waals surface area contributed by atoms with Gasteiger partial charge >= 0.3 is 7.60 Å². The molecule has 8 heteroatoms. The van der Waals surface area contributed by atoms with Crippen LogP contribution in [0.5, 0.6) is 5.75 Å². The highest BCUT2D eigenvalue weighted by Crippen LogP contribution is 2.51. The number of nitrogen functional groups attached to an aromatic ring is 1. The second-order valence-corrected chi connectivity index (χ2v) is 6.87. The van der Waals surface area contributed by atoms with E-state index in [2.05, 4.69) is 4.98 Å². The maximum Gasteiger partial charge on any atom is 0.367 e. The van der Waals surface area contributed by atoms with Crippen LogP contribution in [0.2, 0.25) is 0 Å². The first kappa shape index (κ1) is 15.3. The van der Waals surface area contributed by atoms with Crippen LogP contribution in [0.15, 0.2) is 12.1 Å². The van der Waals surface area contributed by atoms with Crippen molar-refractivity contribution < 1.29 is 18.3 Å². The molecule has 20 heavy (non-hydrogen) atoms. The molecule has 0 radical (unpaired) electrons. The number of nitrogens with zero attached hydrogens (tertiary/aromatic N) is 1. The number of benzene rings is 1. The number of aromatic nitrogens is 1. The number of hydrogen-bond acceptors (Lipinski definition) is 7. The fourth-order valence-corrected chi connectivity index (χ4v) is 4.61. The van der Waals surface area contributed by atoms with Crippen LogP contribution in [0, 0.1) is 0 Å². The summed E-state index contributed by atoms with van der Waals surface area (Å²) in [5.74, 6) is 0.424. The molecule has 2 N–H and O–H groups in total. The number of methoxy groups -OCH3 is 1. The lowest BCUT2D eigenvalue weighted by molar-refractivity contribution is 0.229. The highest BCUT2D eigenvalue weighted by atomic mass is 32.1. The van der Waals surface area contributed by atoms with Crippen LogP contribution >= 0.6 is 18.9 Å². The molecule has 0 saturated heterocycles. The quantitative estimate of drug-likeness (QED) is 0.825. The summed E-state index contributed by atoms with van der Waals surface area (Å²) in [6.07, 6.45) is 0. The summed E-state index contributed by atoms with van der Waals surface area (Å²) in [6.45, 7) is 4.04. The minimum Gasteiger partial charge on any atom is -0.496 e. The Balaban J connectivity index is 2.73. The molecule has 0 unspecified atom stereocenters. The Bertz CT molecular complexity index is 648. The molecule has 110 valence electrons. The van der Waals surface area contributed by atoms with Gasteiger partial charge in [-0.15, -0.1) is 0 Å². The van der Waals surface area contributed by atoms with Crippen molar-refractivity contribution in [2.75, 3.05) is 26.1 Å². The van der Waals surface area contributed by atoms with Gasteiger partial charge in [-0.05, 0) is 26.0 Å². The van der Waals surface area contributed by atoms with Gasteiger partial charge in [0.2, 0.25) is 0 Å². The molecule has 0 atom stereocenters. The van der Waals surface area contributed by atoms with E-state index in [4.69, 9.17) is 19.5 Å². The van der Waals surface area contributed by atoms with Crippen LogP contribution < -0.4 is 15.8 Å². The van der Waals surface area contributed by atoms with Gasteiger partial charge in [0.15, 0.2) is 5.13 Å². The van der Waals surface area contributed by atoms with E-state index in [1.54, 1.807) is 19.9 Å². The molecule has 1 heterocycles. The van der Waals surface area contributed by atoms with Crippen LogP contribution in [0.1, 0.15) is 13.8 Å². The molecule has 0 fully saturated rings. The van der Waals surface area contributed by atoms with Gasteiger partial charge in [0.25, 0.3) is 0 Å². The topological polar surface area (TPSA) is 83.7 Å². The zero-order valence-corrected chi connectivity index (χ0v) is 13.3. The van der Waals surface area contributed by atoms with Crippen molar-refractivity contribution in [3.8, 4) is 5.75 Å². The minimum atomic E-state index is -3.49. The third-order valence-electron chi connectivity index (χ3n) is 2.61. The monoisotopic (exact) mass is 316 g/mol. The lowest BCUT2D eigenvalue weighted by Crippen LogP contribution is -2.15. The third-order valence-corrected chi connectivity index (χ3v) is 5.63. The van der Waals surface area contributed by atoms with E-state index in [-0.39, 0.29) is 13.2 Å². The Morgan fingerprint density at radius 1 is 1.30 bits per heavy atom. The van der Waals surface area contributed by atoms with Crippen molar-refractivity contribution in [2.24, 2.45) is 0 Å². The summed E-state index contributed by atoms with van der Waals surface area (Å²) < 4.78 is 29.9. The predicted octanol–water partition coefficient (Wildman–Crippen LogP) is 2.78. The largest absolute Gasteiger partial charge is 0.496 e. The molecule has 0 amide bonds. The van der Waals surface area contributed by atoms with Gasteiger partial charge in [-0.2, -0.15) is 0 Å². The van der Waals surface area contributed by atoms with Crippen molar-refractivity contribution in [2.45, 2.75) is 13.8 Å². The summed E-state index contributed by atoms with van der Waals surface area (Å²) in [6, 6.07) is 3.55. The molecule has 0 aliphatic rings. The molecular weight excluding hydrogens is 299 g/mol. The van der Waals surface area contributed by atoms with Gasteiger partial charge in [-0.25, -0.2) is 4.98 Å². The van der Waals surface area contributed by atoms with Gasteiger partial charge in [0.1, 0.15) is 16.6 Å². The van der Waals surface area contributed by atoms with Crippen molar-refractivity contribution in [1.82, 2.24) is 4.98 Å². The fraction of sp³-hybridized carbons (Fsp3) is 0.417. The first-order chi connectivity index (χ1) is 9.55. The number of rotatable bonds is 6. The van der Waals surface area contributed by atoms with E-state index < -0.39 is 7.60 Å².